The largest absolute Gasteiger partial charge is 0.326 e. The third-order valence-electron chi connectivity index (χ3n) is 6.00. The van der Waals surface area contributed by atoms with Crippen molar-refractivity contribution >= 4 is 45.2 Å². The molecular formula is C24H26ClN3O4S. The van der Waals surface area contributed by atoms with E-state index in [0.717, 1.165) is 30.4 Å². The molecule has 1 fully saturated rings. The quantitative estimate of drug-likeness (QED) is 0.676. The van der Waals surface area contributed by atoms with Gasteiger partial charge in [0.2, 0.25) is 21.8 Å². The molecule has 1 N–H and O–H groups in total. The molecule has 0 saturated carbocycles. The summed E-state index contributed by atoms with van der Waals surface area (Å²) in [7, 11) is -3.75. The number of hydrogen-bond acceptors (Lipinski definition) is 4. The van der Waals surface area contributed by atoms with Crippen LogP contribution in [0.3, 0.4) is 0 Å². The number of nitrogens with one attached hydrogen (secondary N) is 1. The molecule has 1 saturated heterocycles. The maximum Gasteiger partial charge on any atom is 0.244 e. The lowest BCUT2D eigenvalue weighted by Gasteiger charge is -2.32. The van der Waals surface area contributed by atoms with Crippen LogP contribution in [0.2, 0.25) is 5.02 Å². The zero-order valence-corrected chi connectivity index (χ0v) is 19.9. The predicted octanol–water partition coefficient (Wildman–Crippen LogP) is 4.42. The van der Waals surface area contributed by atoms with Crippen molar-refractivity contribution in [3.05, 3.63) is 64.8 Å². The van der Waals surface area contributed by atoms with Crippen molar-refractivity contribution in [2.75, 3.05) is 18.4 Å². The van der Waals surface area contributed by atoms with E-state index < -0.39 is 16.1 Å². The van der Waals surface area contributed by atoms with Gasteiger partial charge >= 0.3 is 0 Å². The van der Waals surface area contributed by atoms with E-state index in [4.69, 9.17) is 11.6 Å². The fourth-order valence-corrected chi connectivity index (χ4v) is 6.34. The van der Waals surface area contributed by atoms with Gasteiger partial charge in [-0.2, -0.15) is 4.31 Å². The van der Waals surface area contributed by atoms with E-state index in [1.165, 1.54) is 28.3 Å². The fraction of sp³-hybridized carbons (Fsp3) is 0.333. The molecule has 0 bridgehead atoms. The second-order valence-corrected chi connectivity index (χ2v) is 10.6. The molecule has 0 spiro atoms. The van der Waals surface area contributed by atoms with Crippen LogP contribution >= 0.6 is 11.6 Å². The molecule has 33 heavy (non-hydrogen) atoms. The minimum Gasteiger partial charge on any atom is -0.326 e. The van der Waals surface area contributed by atoms with Gasteiger partial charge in [-0.15, -0.1) is 0 Å². The maximum absolute atomic E-state index is 13.1. The smallest absolute Gasteiger partial charge is 0.244 e. The molecule has 1 atom stereocenters. The Kier molecular flexibility index (Phi) is 6.88. The standard InChI is InChI=1S/C24H26ClN3O4S/c1-17(29)28-14-11-18-7-3-4-8-20(18)22(28)16-24(30)26-19-9-10-21(25)23(15-19)33(31,32)27-12-5-2-6-13-27/h3-4,7-11,14-15,22H,2,5-6,12-13,16H2,1H3,(H,26,30)/t22-/m1/s1. The van der Waals surface area contributed by atoms with Crippen LogP contribution in [-0.4, -0.2) is 42.5 Å². The number of carbonyl (C=O) groups excluding carboxylic acids is 2. The van der Waals surface area contributed by atoms with E-state index in [0.29, 0.717) is 18.8 Å². The highest BCUT2D eigenvalue weighted by atomic mass is 35.5. The van der Waals surface area contributed by atoms with Gasteiger partial charge < -0.3 is 10.2 Å². The second-order valence-electron chi connectivity index (χ2n) is 8.25. The van der Waals surface area contributed by atoms with Crippen molar-refractivity contribution in [2.24, 2.45) is 0 Å². The minimum atomic E-state index is -3.75. The van der Waals surface area contributed by atoms with Crippen molar-refractivity contribution in [1.82, 2.24) is 9.21 Å². The van der Waals surface area contributed by atoms with Gasteiger partial charge in [-0.25, -0.2) is 8.42 Å². The highest BCUT2D eigenvalue weighted by molar-refractivity contribution is 7.89. The predicted molar refractivity (Wildman–Crippen MR) is 128 cm³/mol. The lowest BCUT2D eigenvalue weighted by Crippen LogP contribution is -2.35. The first-order valence-electron chi connectivity index (χ1n) is 10.9. The highest BCUT2D eigenvalue weighted by Crippen LogP contribution is 2.34. The maximum atomic E-state index is 13.1. The van der Waals surface area contributed by atoms with Gasteiger partial charge in [-0.1, -0.05) is 42.3 Å². The molecule has 2 aliphatic heterocycles. The van der Waals surface area contributed by atoms with Crippen LogP contribution in [0.1, 0.15) is 49.8 Å². The Bertz CT molecular complexity index is 1210. The molecule has 4 rings (SSSR count). The van der Waals surface area contributed by atoms with Crippen LogP contribution < -0.4 is 5.32 Å². The van der Waals surface area contributed by atoms with Crippen molar-refractivity contribution in [3.63, 3.8) is 0 Å². The van der Waals surface area contributed by atoms with Gasteiger partial charge in [0.15, 0.2) is 0 Å². The summed E-state index contributed by atoms with van der Waals surface area (Å²) < 4.78 is 27.6. The molecule has 2 aromatic rings. The Morgan fingerprint density at radius 1 is 1.09 bits per heavy atom. The fourth-order valence-electron chi connectivity index (χ4n) is 4.32. The summed E-state index contributed by atoms with van der Waals surface area (Å²) in [4.78, 5) is 26.6. The molecule has 174 valence electrons. The third-order valence-corrected chi connectivity index (χ3v) is 8.38. The van der Waals surface area contributed by atoms with Crippen LogP contribution in [0.5, 0.6) is 0 Å². The number of hydrogen-bond donors (Lipinski definition) is 1. The summed E-state index contributed by atoms with van der Waals surface area (Å²) in [5.74, 6) is -0.500. The number of sulfonamides is 1. The Morgan fingerprint density at radius 3 is 2.55 bits per heavy atom. The average molecular weight is 488 g/mol. The van der Waals surface area contributed by atoms with Gasteiger partial charge in [0, 0.05) is 31.9 Å². The summed E-state index contributed by atoms with van der Waals surface area (Å²) >= 11 is 6.23. The number of rotatable bonds is 5. The molecule has 0 aromatic heterocycles. The first-order valence-corrected chi connectivity index (χ1v) is 12.7. The van der Waals surface area contributed by atoms with E-state index in [2.05, 4.69) is 5.32 Å². The van der Waals surface area contributed by atoms with Gasteiger partial charge in [-0.3, -0.25) is 9.59 Å². The molecule has 2 aliphatic rings. The average Bonchev–Trinajstić information content (AvgIpc) is 2.80. The summed E-state index contributed by atoms with van der Waals surface area (Å²) in [6.07, 6.45) is 6.20. The van der Waals surface area contributed by atoms with Crippen LogP contribution in [-0.2, 0) is 19.6 Å². The second kappa shape index (κ2) is 9.67. The summed E-state index contributed by atoms with van der Waals surface area (Å²) in [6, 6.07) is 11.6. The van der Waals surface area contributed by atoms with Crippen molar-refractivity contribution in [2.45, 2.75) is 43.5 Å². The lowest BCUT2D eigenvalue weighted by molar-refractivity contribution is -0.129. The number of halogens is 1. The highest BCUT2D eigenvalue weighted by Gasteiger charge is 2.30. The van der Waals surface area contributed by atoms with Crippen molar-refractivity contribution < 1.29 is 18.0 Å². The van der Waals surface area contributed by atoms with Crippen molar-refractivity contribution in [1.29, 1.82) is 0 Å². The topological polar surface area (TPSA) is 86.8 Å². The molecule has 7 nitrogen and oxygen atoms in total. The Hall–Kier alpha value is -2.68. The molecule has 2 heterocycles. The summed E-state index contributed by atoms with van der Waals surface area (Å²) in [5, 5.41) is 2.90. The number of nitrogens with zero attached hydrogens (tertiary/aromatic N) is 2. The normalized spacial score (nSPS) is 18.6. The van der Waals surface area contributed by atoms with Gasteiger partial charge in [0.05, 0.1) is 17.5 Å². The van der Waals surface area contributed by atoms with Crippen LogP contribution in [0.25, 0.3) is 6.08 Å². The number of benzene rings is 2. The Morgan fingerprint density at radius 2 is 1.82 bits per heavy atom. The molecular weight excluding hydrogens is 462 g/mol. The zero-order chi connectivity index (χ0) is 23.6. The Balaban J connectivity index is 1.55. The molecule has 2 amide bonds. The monoisotopic (exact) mass is 487 g/mol. The molecule has 2 aromatic carbocycles. The number of amides is 2. The zero-order valence-electron chi connectivity index (χ0n) is 18.3. The Labute approximate surface area is 199 Å². The van der Waals surface area contributed by atoms with Crippen molar-refractivity contribution in [3.8, 4) is 0 Å². The van der Waals surface area contributed by atoms with Crippen LogP contribution in [0.15, 0.2) is 53.6 Å². The van der Waals surface area contributed by atoms with E-state index in [9.17, 15) is 18.0 Å². The number of piperidine rings is 1. The molecule has 0 unspecified atom stereocenters. The lowest BCUT2D eigenvalue weighted by atomic mass is 9.93. The number of carbonyl (C=O) groups is 2. The van der Waals surface area contributed by atoms with E-state index in [1.807, 2.05) is 30.3 Å². The SMILES string of the molecule is CC(=O)N1C=Cc2ccccc2[C@H]1CC(=O)Nc1ccc(Cl)c(S(=O)(=O)N2CCCCC2)c1. The van der Waals surface area contributed by atoms with Gasteiger partial charge in [0.1, 0.15) is 4.90 Å². The van der Waals surface area contributed by atoms with Gasteiger partial charge in [0.25, 0.3) is 0 Å². The molecule has 9 heteroatoms. The third kappa shape index (κ3) is 4.98. The molecule has 0 radical (unpaired) electrons. The summed E-state index contributed by atoms with van der Waals surface area (Å²) in [5.41, 5.74) is 2.18. The van der Waals surface area contributed by atoms with E-state index >= 15 is 0 Å². The number of fused-ring (bicyclic) bond motifs is 1. The minimum absolute atomic E-state index is 0.0137. The van der Waals surface area contributed by atoms with E-state index in [1.54, 1.807) is 12.3 Å². The molecule has 0 aliphatic carbocycles. The first-order chi connectivity index (χ1) is 15.8. The summed E-state index contributed by atoms with van der Waals surface area (Å²) in [6.45, 7) is 2.38. The van der Waals surface area contributed by atoms with Crippen LogP contribution in [0.4, 0.5) is 5.69 Å². The van der Waals surface area contributed by atoms with Crippen LogP contribution in [0, 0.1) is 0 Å². The first kappa shape index (κ1) is 23.5. The number of anilines is 1. The van der Waals surface area contributed by atoms with E-state index in [-0.39, 0.29) is 28.2 Å². The van der Waals surface area contributed by atoms with Gasteiger partial charge in [-0.05, 0) is 48.2 Å².